The van der Waals surface area contributed by atoms with E-state index in [4.69, 9.17) is 0 Å². The highest BCUT2D eigenvalue weighted by molar-refractivity contribution is 5.81. The van der Waals surface area contributed by atoms with Crippen molar-refractivity contribution in [1.29, 1.82) is 0 Å². The van der Waals surface area contributed by atoms with Crippen molar-refractivity contribution in [2.45, 2.75) is 121 Å². The lowest BCUT2D eigenvalue weighted by Crippen LogP contribution is -2.33. The van der Waals surface area contributed by atoms with Gasteiger partial charge in [-0.1, -0.05) is 202 Å². The van der Waals surface area contributed by atoms with E-state index in [1.807, 2.05) is 61.5 Å². The molecule has 7 aromatic carbocycles. The second-order valence-corrected chi connectivity index (χ2v) is 31.6. The predicted octanol–water partition coefficient (Wildman–Crippen LogP) is 20.6. The van der Waals surface area contributed by atoms with E-state index in [9.17, 15) is 0 Å². The van der Waals surface area contributed by atoms with Crippen LogP contribution in [0.5, 0.6) is 0 Å². The van der Waals surface area contributed by atoms with E-state index in [0.29, 0.717) is 29.6 Å². The Morgan fingerprint density at radius 2 is 0.895 bits per heavy atom. The highest BCUT2D eigenvalue weighted by atomic mass is 15.2. The third kappa shape index (κ3) is 18.6. The zero-order valence-electron chi connectivity index (χ0n) is 71.5. The Hall–Kier alpha value is -12.2. The van der Waals surface area contributed by atoms with E-state index in [1.54, 1.807) is 0 Å². The lowest BCUT2D eigenvalue weighted by Gasteiger charge is -2.19. The maximum absolute atomic E-state index is 4.43. The number of aryl methyl sites for hydroxylation is 13. The largest absolute Gasteiger partial charge is 0.344 e. The number of fused-ring (bicyclic) bond motifs is 1. The number of hydrogen-bond acceptors (Lipinski definition) is 1. The number of para-hydroxylation sites is 5. The van der Waals surface area contributed by atoms with Crippen molar-refractivity contribution in [3.63, 3.8) is 0 Å². The fraction of sp³-hybridized carbons (Fsp3) is 0.265. The van der Waals surface area contributed by atoms with Crippen LogP contribution in [0.1, 0.15) is 142 Å². The van der Waals surface area contributed by atoms with Crippen LogP contribution in [0.25, 0.3) is 90.6 Å². The first-order chi connectivity index (χ1) is 54.7. The SMILES string of the molecule is CC(C)c1cccc(C(C)C)c1-n1c(C2=CC=C[C@H]2C)[n+](C)c2ccccc21.CC(C)c1cccc(C(C)C)c1-n1cc[n+](C)c1-c1cccn1C.Cc1cc[n+](C)c(-c2ccccc2C)c1.Cc1ccc(-c2ccccc2C)[n+](C)c1.Cc1ccccc1-c1cccc[n+]1C.Cn1ccnc1-c1n(-c2ccccc2)cc[n+]1C. The molecule has 0 spiro atoms. The Labute approximate surface area is 679 Å². The Morgan fingerprint density at radius 1 is 0.386 bits per heavy atom. The molecule has 12 nitrogen and oxygen atoms in total. The van der Waals surface area contributed by atoms with Crippen molar-refractivity contribution >= 4 is 16.6 Å². The number of benzene rings is 7. The van der Waals surface area contributed by atoms with E-state index in [-0.39, 0.29) is 0 Å². The highest BCUT2D eigenvalue weighted by Gasteiger charge is 2.34. The summed E-state index contributed by atoms with van der Waals surface area (Å²) in [7, 11) is 16.7. The molecule has 1 atom stereocenters. The van der Waals surface area contributed by atoms with Crippen LogP contribution in [0.4, 0.5) is 0 Å². The summed E-state index contributed by atoms with van der Waals surface area (Å²) in [5, 5.41) is 0. The molecule has 0 bridgehead atoms. The standard InChI is InChI=1S/C26H31N2.C21H28N3.C14H15N4.2C14H16N.C13H14N/c1-17(2)20-12-10-13-21(18(3)4)25(20)28-24-16-8-7-15-23(24)27(6)26(28)22-14-9-11-19(22)5;1-15(2)17-9-7-10-18(16(3)4)20(17)24-14-13-23(6)21(24)19-11-8-12-22(19)5;1-16-9-8-15-13(16)14-17(2)10-11-18(14)12-6-4-3-5-7-12;1-11-8-9-15(3)14(10-11)13-7-5-4-6-12(13)2;1-11-8-9-14(15(3)10-11)13-7-5-4-6-12(13)2;1-11-7-3-4-8-12(11)13-9-5-6-10-14(13)2/h7-19H,1-6H3;7-16H,1-6H3;3-11H,1-2H3;2*4-10H,1-3H3;3-10H,1-2H3/q6*+1/t19-;;;;;/m1...../s1. The van der Waals surface area contributed by atoms with E-state index in [0.717, 1.165) is 17.3 Å². The summed E-state index contributed by atoms with van der Waals surface area (Å²) in [6.07, 6.45) is 27.4. The number of pyridine rings is 3. The van der Waals surface area contributed by atoms with E-state index in [1.165, 1.54) is 129 Å². The number of imidazole rings is 4. The third-order valence-corrected chi connectivity index (χ3v) is 21.7. The fourth-order valence-corrected chi connectivity index (χ4v) is 15.4. The van der Waals surface area contributed by atoms with Crippen LogP contribution < -0.4 is 27.4 Å². The monoisotopic (exact) mass is 1510 g/mol. The molecule has 114 heavy (non-hydrogen) atoms. The Morgan fingerprint density at radius 3 is 1.41 bits per heavy atom. The summed E-state index contributed by atoms with van der Waals surface area (Å²) in [5.74, 6) is 6.80. The molecular formula is C102H120N12+6. The first kappa shape index (κ1) is 82.8. The number of nitrogens with zero attached hydrogens (tertiary/aromatic N) is 12. The van der Waals surface area contributed by atoms with Gasteiger partial charge in [0.15, 0.2) is 29.6 Å². The molecular weight excluding hydrogens is 1390 g/mol. The molecule has 8 heterocycles. The van der Waals surface area contributed by atoms with Gasteiger partial charge >= 0.3 is 11.6 Å². The van der Waals surface area contributed by atoms with Gasteiger partial charge in [-0.05, 0) is 147 Å². The number of aromatic nitrogens is 12. The Bertz CT molecular complexity index is 5740. The van der Waals surface area contributed by atoms with Crippen LogP contribution in [-0.2, 0) is 56.4 Å². The van der Waals surface area contributed by atoms with Gasteiger partial charge < -0.3 is 9.13 Å². The molecule has 0 fully saturated rings. The molecule has 0 aliphatic heterocycles. The van der Waals surface area contributed by atoms with Crippen LogP contribution in [0, 0.1) is 40.5 Å². The number of allylic oxidation sites excluding steroid dienone is 4. The van der Waals surface area contributed by atoms with Gasteiger partial charge in [0.05, 0.1) is 21.1 Å². The van der Waals surface area contributed by atoms with Gasteiger partial charge in [-0.2, -0.15) is 13.7 Å². The first-order valence-electron chi connectivity index (χ1n) is 40.2. The van der Waals surface area contributed by atoms with Gasteiger partial charge in [0.1, 0.15) is 68.7 Å². The smallest absolute Gasteiger partial charge is 0.330 e. The van der Waals surface area contributed by atoms with Gasteiger partial charge in [0.25, 0.3) is 5.82 Å². The van der Waals surface area contributed by atoms with Gasteiger partial charge in [-0.15, -0.1) is 0 Å². The van der Waals surface area contributed by atoms with Crippen molar-refractivity contribution in [3.8, 4) is 74.0 Å². The van der Waals surface area contributed by atoms with Crippen LogP contribution in [0.3, 0.4) is 0 Å². The normalized spacial score (nSPS) is 12.2. The van der Waals surface area contributed by atoms with Crippen LogP contribution in [0.2, 0.25) is 0 Å². The maximum atomic E-state index is 4.43. The van der Waals surface area contributed by atoms with Gasteiger partial charge in [-0.25, -0.2) is 32.4 Å². The summed E-state index contributed by atoms with van der Waals surface area (Å²) < 4.78 is 24.4. The van der Waals surface area contributed by atoms with Crippen molar-refractivity contribution in [1.82, 2.24) is 27.8 Å². The Balaban J connectivity index is 0.000000138. The second kappa shape index (κ2) is 37.5. The third-order valence-electron chi connectivity index (χ3n) is 21.7. The summed E-state index contributed by atoms with van der Waals surface area (Å²) in [6, 6.07) is 77.2. The van der Waals surface area contributed by atoms with Crippen LogP contribution in [0.15, 0.2) is 299 Å². The molecule has 12 heteroatoms. The molecule has 0 N–H and O–H groups in total. The van der Waals surface area contributed by atoms with E-state index < -0.39 is 0 Å². The zero-order valence-corrected chi connectivity index (χ0v) is 71.5. The highest BCUT2D eigenvalue weighted by Crippen LogP contribution is 2.39. The van der Waals surface area contributed by atoms with E-state index in [2.05, 4.69) is 446 Å². The van der Waals surface area contributed by atoms with Crippen molar-refractivity contribution in [2.24, 2.45) is 62.3 Å². The molecule has 1 aliphatic carbocycles. The maximum Gasteiger partial charge on any atom is 0.330 e. The lowest BCUT2D eigenvalue weighted by molar-refractivity contribution is -0.660. The molecule has 0 radical (unpaired) electrons. The number of hydrogen-bond donors (Lipinski definition) is 0. The molecule has 0 saturated heterocycles. The van der Waals surface area contributed by atoms with E-state index >= 15 is 0 Å². The molecule has 8 aromatic heterocycles. The van der Waals surface area contributed by atoms with Crippen LogP contribution >= 0.6 is 0 Å². The van der Waals surface area contributed by atoms with Crippen molar-refractivity contribution in [2.75, 3.05) is 0 Å². The topological polar surface area (TPSA) is 60.8 Å². The van der Waals surface area contributed by atoms with Crippen LogP contribution in [-0.4, -0.2) is 27.8 Å². The predicted molar refractivity (Wildman–Crippen MR) is 470 cm³/mol. The summed E-state index contributed by atoms with van der Waals surface area (Å²) in [4.78, 5) is 4.43. The minimum absolute atomic E-state index is 0.419. The summed E-state index contributed by atoms with van der Waals surface area (Å²) in [6.45, 7) is 31.3. The second-order valence-electron chi connectivity index (χ2n) is 31.6. The average Bonchev–Trinajstić information content (AvgIpc) is 1.55. The molecule has 0 amide bonds. The quantitative estimate of drug-likeness (QED) is 0.106. The first-order valence-corrected chi connectivity index (χ1v) is 40.2. The molecule has 15 aromatic rings. The van der Waals surface area contributed by atoms with Crippen molar-refractivity contribution < 1.29 is 27.4 Å². The minimum atomic E-state index is 0.419. The molecule has 0 saturated carbocycles. The zero-order chi connectivity index (χ0) is 81.6. The summed E-state index contributed by atoms with van der Waals surface area (Å²) >= 11 is 0. The molecule has 582 valence electrons. The number of rotatable bonds is 13. The van der Waals surface area contributed by atoms with Gasteiger partial charge in [0, 0.05) is 119 Å². The fourth-order valence-electron chi connectivity index (χ4n) is 15.4. The average molecular weight is 1510 g/mol. The van der Waals surface area contributed by atoms with Crippen molar-refractivity contribution in [3.05, 3.63) is 354 Å². The minimum Gasteiger partial charge on any atom is -0.344 e. The summed E-state index contributed by atoms with van der Waals surface area (Å²) in [5.41, 5.74) is 28.8. The Kier molecular flexibility index (Phi) is 27.2. The molecule has 0 unspecified atom stereocenters. The van der Waals surface area contributed by atoms with Gasteiger partial charge in [-0.3, -0.25) is 0 Å². The molecule has 1 aliphatic rings. The molecule has 16 rings (SSSR count). The lowest BCUT2D eigenvalue weighted by atomic mass is 9.92. The van der Waals surface area contributed by atoms with Gasteiger partial charge in [0.2, 0.25) is 22.9 Å².